The Kier molecular flexibility index (Phi) is 26.6. The fourth-order valence-electron chi connectivity index (χ4n) is 5.68. The number of aliphatic hydroxyl groups excluding tert-OH is 2. The number of unbranched alkanes of at least 4 members (excludes halogenated alkanes) is 2. The molecule has 10 heteroatoms. The molecule has 298 valence electrons. The summed E-state index contributed by atoms with van der Waals surface area (Å²) in [6.07, 6.45) is 37.5. The molecule has 1 aliphatic heterocycles. The van der Waals surface area contributed by atoms with Gasteiger partial charge >= 0.3 is 5.97 Å². The van der Waals surface area contributed by atoms with Crippen molar-refractivity contribution in [2.45, 2.75) is 115 Å². The lowest BCUT2D eigenvalue weighted by atomic mass is 10.1. The van der Waals surface area contributed by atoms with Gasteiger partial charge in [-0.15, -0.1) is 0 Å². The molecule has 0 aliphatic carbocycles. The number of likely N-dealkylation sites (tertiary alicyclic amines) is 1. The molecule has 1 aromatic rings. The highest BCUT2D eigenvalue weighted by Gasteiger charge is 2.24. The molecule has 1 fully saturated rings. The standard InChI is InChI=1S/C44H66N4O6/c1-2-3-4-5-6-7-8-9-10-11-12-13-14-15-16-17-18-26-43(52)47-41(44(53)54-40(36-49)37-50)25-19-20-31-45-42(51)27-23-24-38-28-29-39(46-35-38)30-34-48-32-21-22-33-48/h3-4,6-7,9-10,12-13,15-16,23-24,28-29,35,40-41,49-50H,2,5,8,11,14,17-22,25-27,30-34,36-37H2,1H3,(H,45,51)(H,47,52). The SMILES string of the molecule is CCC=CCC=CCC=CCC=CCC=CCCCC(=O)NC(CCCCNC(=O)CC=Cc1ccc(CCN2CCCC2)nc1)C(=O)OC(CO)CO. The number of aliphatic hydroxyl groups is 2. The van der Waals surface area contributed by atoms with E-state index < -0.39 is 31.3 Å². The lowest BCUT2D eigenvalue weighted by Crippen LogP contribution is -2.44. The Morgan fingerprint density at radius 1 is 0.833 bits per heavy atom. The minimum absolute atomic E-state index is 0.105. The summed E-state index contributed by atoms with van der Waals surface area (Å²) in [6, 6.07) is 3.16. The molecule has 1 atom stereocenters. The number of aromatic nitrogens is 1. The lowest BCUT2D eigenvalue weighted by Gasteiger charge is -2.20. The summed E-state index contributed by atoms with van der Waals surface area (Å²) in [7, 11) is 0. The first-order valence-electron chi connectivity index (χ1n) is 20.0. The maximum atomic E-state index is 12.8. The van der Waals surface area contributed by atoms with Gasteiger partial charge in [0.1, 0.15) is 12.1 Å². The van der Waals surface area contributed by atoms with Crippen LogP contribution in [0.3, 0.4) is 0 Å². The van der Waals surface area contributed by atoms with Gasteiger partial charge in [-0.25, -0.2) is 4.79 Å². The Morgan fingerprint density at radius 3 is 2.09 bits per heavy atom. The van der Waals surface area contributed by atoms with Gasteiger partial charge in [0.05, 0.1) is 13.2 Å². The van der Waals surface area contributed by atoms with Crippen molar-refractivity contribution in [3.63, 3.8) is 0 Å². The number of ether oxygens (including phenoxy) is 1. The average Bonchev–Trinajstić information content (AvgIpc) is 3.71. The van der Waals surface area contributed by atoms with Crippen LogP contribution in [0.2, 0.25) is 0 Å². The van der Waals surface area contributed by atoms with Crippen LogP contribution in [0.15, 0.2) is 85.2 Å². The van der Waals surface area contributed by atoms with E-state index in [9.17, 15) is 24.6 Å². The predicted molar refractivity (Wildman–Crippen MR) is 218 cm³/mol. The maximum Gasteiger partial charge on any atom is 0.329 e. The molecule has 1 unspecified atom stereocenters. The number of hydrogen-bond acceptors (Lipinski definition) is 8. The second kappa shape index (κ2) is 31.3. The molecule has 54 heavy (non-hydrogen) atoms. The Labute approximate surface area is 324 Å². The van der Waals surface area contributed by atoms with E-state index in [4.69, 9.17) is 4.74 Å². The first-order chi connectivity index (χ1) is 26.4. The van der Waals surface area contributed by atoms with Crippen molar-refractivity contribution in [2.75, 3.05) is 39.4 Å². The largest absolute Gasteiger partial charge is 0.456 e. The molecule has 0 radical (unpaired) electrons. The molecule has 0 bridgehead atoms. The summed E-state index contributed by atoms with van der Waals surface area (Å²) in [4.78, 5) is 44.9. The fourth-order valence-corrected chi connectivity index (χ4v) is 5.68. The van der Waals surface area contributed by atoms with Gasteiger partial charge in [-0.05, 0) is 102 Å². The second-order valence-corrected chi connectivity index (χ2v) is 13.5. The quantitative estimate of drug-likeness (QED) is 0.0403. The van der Waals surface area contributed by atoms with Crippen LogP contribution in [0, 0.1) is 0 Å². The summed E-state index contributed by atoms with van der Waals surface area (Å²) in [5.41, 5.74) is 2.03. The number of carbonyl (C=O) groups is 3. The monoisotopic (exact) mass is 746 g/mol. The summed E-state index contributed by atoms with van der Waals surface area (Å²) in [6.45, 7) is 4.94. The van der Waals surface area contributed by atoms with Gasteiger partial charge in [0.15, 0.2) is 0 Å². The number of rotatable bonds is 29. The number of esters is 1. The van der Waals surface area contributed by atoms with Crippen LogP contribution in [-0.2, 0) is 25.5 Å². The van der Waals surface area contributed by atoms with Crippen LogP contribution in [0.5, 0.6) is 0 Å². The molecule has 1 aliphatic rings. The third kappa shape index (κ3) is 23.5. The molecule has 4 N–H and O–H groups in total. The minimum atomic E-state index is -1.05. The summed E-state index contributed by atoms with van der Waals surface area (Å²) in [5.74, 6) is -1.06. The number of pyridine rings is 1. The van der Waals surface area contributed by atoms with E-state index in [1.54, 1.807) is 0 Å². The highest BCUT2D eigenvalue weighted by atomic mass is 16.6. The zero-order chi connectivity index (χ0) is 38.9. The van der Waals surface area contributed by atoms with E-state index in [1.165, 1.54) is 25.9 Å². The topological polar surface area (TPSA) is 141 Å². The molecule has 2 amide bonds. The Bertz CT molecular complexity index is 1340. The van der Waals surface area contributed by atoms with Crippen molar-refractivity contribution < 1.29 is 29.3 Å². The summed E-state index contributed by atoms with van der Waals surface area (Å²) >= 11 is 0. The van der Waals surface area contributed by atoms with Crippen molar-refractivity contribution >= 4 is 23.9 Å². The highest BCUT2D eigenvalue weighted by Crippen LogP contribution is 2.10. The number of nitrogens with zero attached hydrogens (tertiary/aromatic N) is 2. The predicted octanol–water partition coefficient (Wildman–Crippen LogP) is 6.71. The van der Waals surface area contributed by atoms with E-state index in [0.29, 0.717) is 32.2 Å². The van der Waals surface area contributed by atoms with Crippen molar-refractivity contribution in [2.24, 2.45) is 0 Å². The number of allylic oxidation sites excluding steroid dienone is 10. The third-order valence-electron chi connectivity index (χ3n) is 8.83. The first-order valence-corrected chi connectivity index (χ1v) is 20.0. The van der Waals surface area contributed by atoms with E-state index in [-0.39, 0.29) is 24.7 Å². The zero-order valence-electron chi connectivity index (χ0n) is 32.6. The van der Waals surface area contributed by atoms with Crippen LogP contribution in [0.25, 0.3) is 6.08 Å². The fraction of sp³-hybridized carbons (Fsp3) is 0.545. The van der Waals surface area contributed by atoms with Crippen LogP contribution >= 0.6 is 0 Å². The van der Waals surface area contributed by atoms with E-state index in [1.807, 2.05) is 30.5 Å². The lowest BCUT2D eigenvalue weighted by molar-refractivity contribution is -0.157. The number of hydrogen-bond donors (Lipinski definition) is 4. The summed E-state index contributed by atoms with van der Waals surface area (Å²) in [5, 5.41) is 24.4. The van der Waals surface area contributed by atoms with Gasteiger partial charge in [-0.2, -0.15) is 0 Å². The normalized spacial score (nSPS) is 14.6. The van der Waals surface area contributed by atoms with Crippen LogP contribution in [0.4, 0.5) is 0 Å². The van der Waals surface area contributed by atoms with Gasteiger partial charge in [0.2, 0.25) is 11.8 Å². The molecule has 0 saturated carbocycles. The molecule has 0 spiro atoms. The first kappa shape index (κ1) is 46.0. The number of nitrogens with one attached hydrogen (secondary N) is 2. The van der Waals surface area contributed by atoms with Gasteiger partial charge in [-0.3, -0.25) is 14.6 Å². The molecule has 2 rings (SSSR count). The molecule has 2 heterocycles. The zero-order valence-corrected chi connectivity index (χ0v) is 32.6. The van der Waals surface area contributed by atoms with Crippen molar-refractivity contribution in [3.05, 3.63) is 96.4 Å². The van der Waals surface area contributed by atoms with Crippen molar-refractivity contribution in [3.8, 4) is 0 Å². The van der Waals surface area contributed by atoms with Crippen molar-refractivity contribution in [1.29, 1.82) is 0 Å². The Morgan fingerprint density at radius 2 is 1.48 bits per heavy atom. The molecule has 1 saturated heterocycles. The van der Waals surface area contributed by atoms with Gasteiger partial charge in [0.25, 0.3) is 0 Å². The van der Waals surface area contributed by atoms with Crippen LogP contribution in [-0.4, -0.2) is 89.4 Å². The number of carbonyl (C=O) groups excluding carboxylic acids is 3. The van der Waals surface area contributed by atoms with Crippen molar-refractivity contribution in [1.82, 2.24) is 20.5 Å². The van der Waals surface area contributed by atoms with E-state index in [2.05, 4.69) is 88.2 Å². The Balaban J connectivity index is 1.63. The highest BCUT2D eigenvalue weighted by molar-refractivity contribution is 5.84. The molecular weight excluding hydrogens is 681 g/mol. The summed E-state index contributed by atoms with van der Waals surface area (Å²) < 4.78 is 5.20. The third-order valence-corrected chi connectivity index (χ3v) is 8.83. The molecule has 1 aromatic heterocycles. The molecular formula is C44H66N4O6. The second-order valence-electron chi connectivity index (χ2n) is 13.5. The van der Waals surface area contributed by atoms with Crippen LogP contribution in [0.1, 0.15) is 108 Å². The minimum Gasteiger partial charge on any atom is -0.456 e. The number of amides is 2. The average molecular weight is 747 g/mol. The maximum absolute atomic E-state index is 12.8. The Hall–Kier alpha value is -4.12. The molecule has 0 aromatic carbocycles. The smallest absolute Gasteiger partial charge is 0.329 e. The van der Waals surface area contributed by atoms with E-state index >= 15 is 0 Å². The molecule has 10 nitrogen and oxygen atoms in total. The van der Waals surface area contributed by atoms with Gasteiger partial charge in [0, 0.05) is 44.2 Å². The van der Waals surface area contributed by atoms with Gasteiger partial charge in [-0.1, -0.05) is 85.9 Å². The van der Waals surface area contributed by atoms with Crippen LogP contribution < -0.4 is 10.6 Å². The van der Waals surface area contributed by atoms with Gasteiger partial charge < -0.3 is 30.5 Å². The van der Waals surface area contributed by atoms with E-state index in [0.717, 1.165) is 62.7 Å².